The SMILES string of the molecule is CN(C)S(=O)(=O)c1cccc(CN2CCN(CC(=O)NC3CC3)CC2)c1. The summed E-state index contributed by atoms with van der Waals surface area (Å²) in [4.78, 5) is 16.7. The second kappa shape index (κ2) is 8.04. The van der Waals surface area contributed by atoms with E-state index in [4.69, 9.17) is 0 Å². The van der Waals surface area contributed by atoms with Gasteiger partial charge in [0.1, 0.15) is 0 Å². The molecule has 1 saturated heterocycles. The van der Waals surface area contributed by atoms with Crippen LogP contribution in [-0.4, -0.2) is 81.3 Å². The van der Waals surface area contributed by atoms with Crippen LogP contribution in [0.25, 0.3) is 0 Å². The smallest absolute Gasteiger partial charge is 0.242 e. The molecule has 0 unspecified atom stereocenters. The molecule has 144 valence electrons. The maximum atomic E-state index is 12.3. The van der Waals surface area contributed by atoms with Crippen molar-refractivity contribution in [3.8, 4) is 0 Å². The molecule has 1 aromatic carbocycles. The maximum Gasteiger partial charge on any atom is 0.242 e. The summed E-state index contributed by atoms with van der Waals surface area (Å²) in [5.74, 6) is 0.127. The van der Waals surface area contributed by atoms with Gasteiger partial charge in [-0.25, -0.2) is 12.7 Å². The van der Waals surface area contributed by atoms with E-state index in [0.29, 0.717) is 17.5 Å². The average molecular weight is 381 g/mol. The van der Waals surface area contributed by atoms with Crippen LogP contribution in [-0.2, 0) is 21.4 Å². The number of rotatable bonds is 7. The van der Waals surface area contributed by atoms with Crippen molar-refractivity contribution in [2.75, 3.05) is 46.8 Å². The first-order chi connectivity index (χ1) is 12.3. The molecule has 0 aromatic heterocycles. The molecule has 0 radical (unpaired) electrons. The molecule has 1 aliphatic carbocycles. The van der Waals surface area contributed by atoms with E-state index >= 15 is 0 Å². The van der Waals surface area contributed by atoms with E-state index in [2.05, 4.69) is 15.1 Å². The Morgan fingerprint density at radius 1 is 1.15 bits per heavy atom. The molecule has 0 spiro atoms. The average Bonchev–Trinajstić information content (AvgIpc) is 3.40. The molecular weight excluding hydrogens is 352 g/mol. The highest BCUT2D eigenvalue weighted by molar-refractivity contribution is 7.89. The molecule has 1 heterocycles. The van der Waals surface area contributed by atoms with E-state index in [0.717, 1.165) is 51.1 Å². The summed E-state index contributed by atoms with van der Waals surface area (Å²) < 4.78 is 25.8. The molecule has 0 bridgehead atoms. The van der Waals surface area contributed by atoms with E-state index in [1.165, 1.54) is 4.31 Å². The maximum absolute atomic E-state index is 12.3. The molecule has 26 heavy (non-hydrogen) atoms. The van der Waals surface area contributed by atoms with Crippen molar-refractivity contribution in [3.63, 3.8) is 0 Å². The third-order valence-electron chi connectivity index (χ3n) is 4.86. The van der Waals surface area contributed by atoms with Crippen LogP contribution in [0.1, 0.15) is 18.4 Å². The number of benzene rings is 1. The van der Waals surface area contributed by atoms with Gasteiger partial charge in [-0.2, -0.15) is 0 Å². The number of piperazine rings is 1. The molecule has 0 atom stereocenters. The van der Waals surface area contributed by atoms with Gasteiger partial charge in [-0.15, -0.1) is 0 Å². The Kier molecular flexibility index (Phi) is 5.96. The third kappa shape index (κ3) is 5.03. The molecule has 1 aliphatic heterocycles. The standard InChI is InChI=1S/C18H28N4O3S/c1-20(2)26(24,25)17-5-3-4-15(12-17)13-21-8-10-22(11-9-21)14-18(23)19-16-6-7-16/h3-5,12,16H,6-11,13-14H2,1-2H3,(H,19,23). The van der Waals surface area contributed by atoms with E-state index in [1.807, 2.05) is 6.07 Å². The number of hydrogen-bond donors (Lipinski definition) is 1. The van der Waals surface area contributed by atoms with Crippen molar-refractivity contribution >= 4 is 15.9 Å². The topological polar surface area (TPSA) is 73.0 Å². The van der Waals surface area contributed by atoms with Gasteiger partial charge >= 0.3 is 0 Å². The Morgan fingerprint density at radius 2 is 1.81 bits per heavy atom. The minimum absolute atomic E-state index is 0.127. The van der Waals surface area contributed by atoms with Crippen molar-refractivity contribution in [2.45, 2.75) is 30.3 Å². The summed E-state index contributed by atoms with van der Waals surface area (Å²) in [7, 11) is -0.321. The zero-order chi connectivity index (χ0) is 18.7. The minimum atomic E-state index is -3.41. The lowest BCUT2D eigenvalue weighted by atomic mass is 10.2. The van der Waals surface area contributed by atoms with Crippen molar-refractivity contribution < 1.29 is 13.2 Å². The monoisotopic (exact) mass is 380 g/mol. The predicted molar refractivity (Wildman–Crippen MR) is 100 cm³/mol. The third-order valence-corrected chi connectivity index (χ3v) is 6.67. The Labute approximate surface area is 156 Å². The van der Waals surface area contributed by atoms with Gasteiger partial charge < -0.3 is 5.32 Å². The van der Waals surface area contributed by atoms with E-state index in [9.17, 15) is 13.2 Å². The van der Waals surface area contributed by atoms with Gasteiger partial charge in [0.05, 0.1) is 11.4 Å². The van der Waals surface area contributed by atoms with Crippen LogP contribution in [0.3, 0.4) is 0 Å². The largest absolute Gasteiger partial charge is 0.352 e. The molecule has 1 amide bonds. The molecule has 1 aromatic rings. The Morgan fingerprint density at radius 3 is 2.42 bits per heavy atom. The number of nitrogens with one attached hydrogen (secondary N) is 1. The molecule has 2 fully saturated rings. The quantitative estimate of drug-likeness (QED) is 0.738. The highest BCUT2D eigenvalue weighted by Gasteiger charge is 2.25. The fraction of sp³-hybridized carbons (Fsp3) is 0.611. The summed E-state index contributed by atoms with van der Waals surface area (Å²) in [6, 6.07) is 7.56. The van der Waals surface area contributed by atoms with Crippen LogP contribution in [0.2, 0.25) is 0 Å². The van der Waals surface area contributed by atoms with Crippen molar-refractivity contribution in [1.29, 1.82) is 0 Å². The first-order valence-corrected chi connectivity index (χ1v) is 10.5. The van der Waals surface area contributed by atoms with Crippen LogP contribution >= 0.6 is 0 Å². The lowest BCUT2D eigenvalue weighted by Gasteiger charge is -2.34. The van der Waals surface area contributed by atoms with Crippen molar-refractivity contribution in [2.24, 2.45) is 0 Å². The van der Waals surface area contributed by atoms with Gasteiger partial charge in [0.25, 0.3) is 0 Å². The number of hydrogen-bond acceptors (Lipinski definition) is 5. The number of carbonyl (C=O) groups is 1. The van der Waals surface area contributed by atoms with Gasteiger partial charge in [-0.1, -0.05) is 12.1 Å². The van der Waals surface area contributed by atoms with Crippen molar-refractivity contribution in [3.05, 3.63) is 29.8 Å². The second-order valence-corrected chi connectivity index (χ2v) is 9.48. The van der Waals surface area contributed by atoms with Gasteiger partial charge in [0, 0.05) is 52.9 Å². The number of carbonyl (C=O) groups excluding carboxylic acids is 1. The summed E-state index contributed by atoms with van der Waals surface area (Å²) in [6.07, 6.45) is 2.23. The fourth-order valence-corrected chi connectivity index (χ4v) is 4.06. The molecular formula is C18H28N4O3S. The zero-order valence-electron chi connectivity index (χ0n) is 15.5. The fourth-order valence-electron chi connectivity index (χ4n) is 3.08. The Balaban J connectivity index is 1.50. The van der Waals surface area contributed by atoms with Gasteiger partial charge in [-0.3, -0.25) is 14.6 Å². The summed E-state index contributed by atoms with van der Waals surface area (Å²) in [6.45, 7) is 4.66. The molecule has 3 rings (SSSR count). The number of amides is 1. The molecule has 1 saturated carbocycles. The molecule has 1 N–H and O–H groups in total. The lowest BCUT2D eigenvalue weighted by molar-refractivity contribution is -0.122. The highest BCUT2D eigenvalue weighted by atomic mass is 32.2. The Bertz CT molecular complexity index is 739. The van der Waals surface area contributed by atoms with Gasteiger partial charge in [0.2, 0.25) is 15.9 Å². The first kappa shape index (κ1) is 19.3. The molecule has 2 aliphatic rings. The lowest BCUT2D eigenvalue weighted by Crippen LogP contribution is -2.49. The summed E-state index contributed by atoms with van der Waals surface area (Å²) >= 11 is 0. The normalized spacial score (nSPS) is 19.7. The van der Waals surface area contributed by atoms with Crippen molar-refractivity contribution in [1.82, 2.24) is 19.4 Å². The summed E-state index contributed by atoms with van der Waals surface area (Å²) in [5.41, 5.74) is 0.993. The number of sulfonamides is 1. The van der Waals surface area contributed by atoms with Crippen LogP contribution in [0.5, 0.6) is 0 Å². The van der Waals surface area contributed by atoms with E-state index in [1.54, 1.807) is 32.3 Å². The second-order valence-electron chi connectivity index (χ2n) is 7.33. The number of nitrogens with zero attached hydrogens (tertiary/aromatic N) is 3. The van der Waals surface area contributed by atoms with Crippen LogP contribution < -0.4 is 5.32 Å². The van der Waals surface area contributed by atoms with E-state index < -0.39 is 10.0 Å². The molecule has 8 heteroatoms. The first-order valence-electron chi connectivity index (χ1n) is 9.10. The van der Waals surface area contributed by atoms with Crippen LogP contribution in [0.15, 0.2) is 29.2 Å². The Hall–Kier alpha value is -1.48. The highest BCUT2D eigenvalue weighted by Crippen LogP contribution is 2.19. The van der Waals surface area contributed by atoms with E-state index in [-0.39, 0.29) is 5.91 Å². The van der Waals surface area contributed by atoms with Crippen LogP contribution in [0.4, 0.5) is 0 Å². The zero-order valence-corrected chi connectivity index (χ0v) is 16.3. The van der Waals surface area contributed by atoms with Gasteiger partial charge in [-0.05, 0) is 30.5 Å². The summed E-state index contributed by atoms with van der Waals surface area (Å²) in [5, 5.41) is 3.03. The minimum Gasteiger partial charge on any atom is -0.352 e. The predicted octanol–water partition coefficient (Wildman–Crippen LogP) is 0.333. The van der Waals surface area contributed by atoms with Crippen LogP contribution in [0, 0.1) is 0 Å². The van der Waals surface area contributed by atoms with Gasteiger partial charge in [0.15, 0.2) is 0 Å². The molecule has 7 nitrogen and oxygen atoms in total.